The molecule has 2 heterocycles. The van der Waals surface area contributed by atoms with Gasteiger partial charge in [0.1, 0.15) is 11.8 Å². The molecule has 9 nitrogen and oxygen atoms in total. The fraction of sp³-hybridized carbons (Fsp3) is 0.188. The fourth-order valence-corrected chi connectivity index (χ4v) is 5.74. The van der Waals surface area contributed by atoms with Crippen LogP contribution < -0.4 is 29.1 Å². The smallest absolute Gasteiger partial charge is 0.338 e. The molecule has 0 fully saturated rings. The molecule has 0 saturated carbocycles. The number of fused-ring (bicyclic) bond motifs is 1. The van der Waals surface area contributed by atoms with Gasteiger partial charge in [0.25, 0.3) is 5.56 Å². The number of hydrogen-bond acceptors (Lipinski definition) is 9. The summed E-state index contributed by atoms with van der Waals surface area (Å²) in [7, 11) is 3.07. The number of benzene rings is 3. The van der Waals surface area contributed by atoms with Crippen LogP contribution in [0.1, 0.15) is 29.7 Å². The van der Waals surface area contributed by atoms with Gasteiger partial charge in [0.2, 0.25) is 0 Å². The van der Waals surface area contributed by atoms with Crippen molar-refractivity contribution in [2.45, 2.75) is 13.0 Å². The molecule has 0 bridgehead atoms. The molecule has 1 aliphatic rings. The Labute approximate surface area is 245 Å². The van der Waals surface area contributed by atoms with Gasteiger partial charge in [-0.15, -0.1) is 0 Å². The number of aromatic nitrogens is 1. The van der Waals surface area contributed by atoms with Crippen molar-refractivity contribution in [1.82, 2.24) is 4.57 Å². The Hall–Kier alpha value is -5.14. The molecule has 1 aromatic heterocycles. The lowest BCUT2D eigenvalue weighted by molar-refractivity contribution is -0.138. The third-order valence-electron chi connectivity index (χ3n) is 6.56. The monoisotopic (exact) mass is 581 g/mol. The maximum atomic E-state index is 14.1. The second-order valence-corrected chi connectivity index (χ2v) is 10.1. The molecule has 0 amide bonds. The third-order valence-corrected chi connectivity index (χ3v) is 7.54. The van der Waals surface area contributed by atoms with E-state index in [-0.39, 0.29) is 24.3 Å². The maximum absolute atomic E-state index is 14.1. The van der Waals surface area contributed by atoms with Gasteiger partial charge in [0.15, 0.2) is 22.9 Å². The highest BCUT2D eigenvalue weighted by Crippen LogP contribution is 2.38. The van der Waals surface area contributed by atoms with Gasteiger partial charge in [0.05, 0.1) is 42.7 Å². The zero-order valence-electron chi connectivity index (χ0n) is 23.2. The van der Waals surface area contributed by atoms with Crippen molar-refractivity contribution in [1.29, 1.82) is 5.26 Å². The van der Waals surface area contributed by atoms with E-state index in [2.05, 4.69) is 0 Å². The van der Waals surface area contributed by atoms with Crippen LogP contribution in [-0.2, 0) is 9.53 Å². The lowest BCUT2D eigenvalue weighted by atomic mass is 9.93. The molecule has 5 rings (SSSR count). The van der Waals surface area contributed by atoms with Crippen LogP contribution in [0.25, 0.3) is 11.8 Å². The average Bonchev–Trinajstić information content (AvgIpc) is 3.33. The van der Waals surface area contributed by atoms with E-state index >= 15 is 0 Å². The number of rotatable bonds is 9. The third kappa shape index (κ3) is 5.55. The molecule has 0 saturated heterocycles. The van der Waals surface area contributed by atoms with E-state index < -0.39 is 12.0 Å². The largest absolute Gasteiger partial charge is 0.493 e. The first-order valence-electron chi connectivity index (χ1n) is 13.1. The first-order chi connectivity index (χ1) is 20.5. The van der Waals surface area contributed by atoms with Crippen LogP contribution in [0.5, 0.6) is 17.2 Å². The first kappa shape index (κ1) is 28.4. The number of nitriles is 1. The summed E-state index contributed by atoms with van der Waals surface area (Å²) in [5.74, 6) is 0.902. The van der Waals surface area contributed by atoms with E-state index in [9.17, 15) is 9.59 Å². The summed E-state index contributed by atoms with van der Waals surface area (Å²) < 4.78 is 23.9. The van der Waals surface area contributed by atoms with Gasteiger partial charge in [-0.05, 0) is 48.4 Å². The molecule has 0 radical (unpaired) electrons. The van der Waals surface area contributed by atoms with Crippen LogP contribution in [0.4, 0.5) is 0 Å². The quantitative estimate of drug-likeness (QED) is 0.276. The van der Waals surface area contributed by atoms with Gasteiger partial charge in [-0.1, -0.05) is 59.9 Å². The van der Waals surface area contributed by atoms with E-state index in [0.29, 0.717) is 49.0 Å². The van der Waals surface area contributed by atoms with Crippen molar-refractivity contribution in [2.75, 3.05) is 27.4 Å². The molecule has 4 aromatic rings. The van der Waals surface area contributed by atoms with Gasteiger partial charge in [-0.2, -0.15) is 5.26 Å². The Bertz CT molecular complexity index is 1890. The van der Waals surface area contributed by atoms with Gasteiger partial charge in [-0.25, -0.2) is 9.79 Å². The second kappa shape index (κ2) is 12.6. The normalized spacial score (nSPS) is 14.4. The van der Waals surface area contributed by atoms with Crippen LogP contribution >= 0.6 is 11.3 Å². The molecule has 0 N–H and O–H groups in total. The Morgan fingerprint density at radius 2 is 1.83 bits per heavy atom. The highest BCUT2D eigenvalue weighted by Gasteiger charge is 2.35. The van der Waals surface area contributed by atoms with Crippen molar-refractivity contribution >= 4 is 29.1 Å². The number of thiazole rings is 1. The topological polar surface area (TPSA) is 112 Å². The van der Waals surface area contributed by atoms with E-state index in [4.69, 9.17) is 29.2 Å². The molecule has 1 atom stereocenters. The predicted octanol–water partition coefficient (Wildman–Crippen LogP) is 3.86. The van der Waals surface area contributed by atoms with Gasteiger partial charge >= 0.3 is 5.97 Å². The van der Waals surface area contributed by atoms with E-state index in [1.165, 1.54) is 23.0 Å². The Kier molecular flexibility index (Phi) is 8.50. The Balaban J connectivity index is 1.79. The summed E-state index contributed by atoms with van der Waals surface area (Å²) in [5, 5.41) is 8.85. The summed E-state index contributed by atoms with van der Waals surface area (Å²) in [6.45, 7) is 1.79. The highest BCUT2D eigenvalue weighted by molar-refractivity contribution is 7.07. The van der Waals surface area contributed by atoms with Crippen LogP contribution in [-0.4, -0.2) is 38.0 Å². The molecule has 42 heavy (non-hydrogen) atoms. The minimum Gasteiger partial charge on any atom is -0.493 e. The number of carbonyl (C=O) groups excluding carboxylic acids is 1. The van der Waals surface area contributed by atoms with E-state index in [0.717, 1.165) is 0 Å². The van der Waals surface area contributed by atoms with Crippen molar-refractivity contribution in [3.8, 4) is 23.3 Å². The standard InChI is InChI=1S/C32H27N3O6S/c1-4-40-31(37)27-28(21-10-6-5-7-11-21)34-32-35(29(27)22-13-14-24(38-2)25(19-22)39-3)30(36)26(42-32)18-20-9-8-12-23(17-20)41-16-15-33/h5-14,17-19,29H,4,16H2,1-3H3/b26-18-/t29-/m1/s1. The predicted molar refractivity (Wildman–Crippen MR) is 158 cm³/mol. The molecule has 0 spiro atoms. The average molecular weight is 582 g/mol. The molecule has 10 heteroatoms. The van der Waals surface area contributed by atoms with Crippen molar-refractivity contribution in [2.24, 2.45) is 4.99 Å². The number of carbonyl (C=O) groups is 1. The molecule has 0 unspecified atom stereocenters. The van der Waals surface area contributed by atoms with Crippen LogP contribution in [0.15, 0.2) is 88.2 Å². The number of esters is 1. The summed E-state index contributed by atoms with van der Waals surface area (Å²) in [5.41, 5.74) is 2.39. The SMILES string of the molecule is CCOC(=O)C1=C(c2ccccc2)N=c2s/c(=C\c3cccc(OCC#N)c3)c(=O)n2[C@@H]1c1ccc(OC)c(OC)c1. The number of nitrogens with zero attached hydrogens (tertiary/aromatic N) is 3. The Morgan fingerprint density at radius 1 is 1.05 bits per heavy atom. The van der Waals surface area contributed by atoms with Crippen molar-refractivity contribution in [3.05, 3.63) is 115 Å². The van der Waals surface area contributed by atoms with E-state index in [1.807, 2.05) is 42.5 Å². The van der Waals surface area contributed by atoms with E-state index in [1.54, 1.807) is 56.5 Å². The van der Waals surface area contributed by atoms with Gasteiger partial charge in [0, 0.05) is 5.56 Å². The molecule has 1 aliphatic heterocycles. The maximum Gasteiger partial charge on any atom is 0.338 e. The lowest BCUT2D eigenvalue weighted by Crippen LogP contribution is -2.40. The first-order valence-corrected chi connectivity index (χ1v) is 13.9. The van der Waals surface area contributed by atoms with Crippen LogP contribution in [0.3, 0.4) is 0 Å². The fourth-order valence-electron chi connectivity index (χ4n) is 4.74. The van der Waals surface area contributed by atoms with Gasteiger partial charge in [-0.3, -0.25) is 9.36 Å². The zero-order chi connectivity index (χ0) is 29.6. The Morgan fingerprint density at radius 3 is 2.55 bits per heavy atom. The summed E-state index contributed by atoms with van der Waals surface area (Å²) in [6, 6.07) is 22.8. The molecule has 212 valence electrons. The lowest BCUT2D eigenvalue weighted by Gasteiger charge is -2.26. The summed E-state index contributed by atoms with van der Waals surface area (Å²) in [6.07, 6.45) is 1.74. The zero-order valence-corrected chi connectivity index (χ0v) is 24.0. The second-order valence-electron chi connectivity index (χ2n) is 9.07. The molecular formula is C32H27N3O6S. The molecule has 3 aromatic carbocycles. The minimum atomic E-state index is -0.859. The van der Waals surface area contributed by atoms with Gasteiger partial charge < -0.3 is 18.9 Å². The summed E-state index contributed by atoms with van der Waals surface area (Å²) in [4.78, 5) is 33.0. The summed E-state index contributed by atoms with van der Waals surface area (Å²) >= 11 is 1.21. The number of ether oxygens (including phenoxy) is 4. The number of methoxy groups -OCH3 is 2. The highest BCUT2D eigenvalue weighted by atomic mass is 32.1. The molecular weight excluding hydrogens is 554 g/mol. The number of hydrogen-bond donors (Lipinski definition) is 0. The van der Waals surface area contributed by atoms with Crippen LogP contribution in [0, 0.1) is 11.3 Å². The van der Waals surface area contributed by atoms with Crippen LogP contribution in [0.2, 0.25) is 0 Å². The van der Waals surface area contributed by atoms with Crippen molar-refractivity contribution in [3.63, 3.8) is 0 Å². The van der Waals surface area contributed by atoms with Crippen molar-refractivity contribution < 1.29 is 23.7 Å². The minimum absolute atomic E-state index is 0.0874. The molecule has 0 aliphatic carbocycles.